The summed E-state index contributed by atoms with van der Waals surface area (Å²) in [5.74, 6) is 2.10. The van der Waals surface area contributed by atoms with Crippen LogP contribution in [0.3, 0.4) is 0 Å². The summed E-state index contributed by atoms with van der Waals surface area (Å²) >= 11 is 0. The van der Waals surface area contributed by atoms with Gasteiger partial charge in [-0.25, -0.2) is 4.98 Å². The first-order valence-corrected chi connectivity index (χ1v) is 5.66. The summed E-state index contributed by atoms with van der Waals surface area (Å²) in [6, 6.07) is 1.60. The number of aryl methyl sites for hydroxylation is 1. The fraction of sp³-hybridized carbons (Fsp3) is 0.417. The zero-order valence-corrected chi connectivity index (χ0v) is 11.0. The lowest BCUT2D eigenvalue weighted by Crippen LogP contribution is -2.17. The lowest BCUT2D eigenvalue weighted by atomic mass is 9.96. The van der Waals surface area contributed by atoms with E-state index in [1.54, 1.807) is 23.1 Å². The Hall–Kier alpha value is -2.11. The van der Waals surface area contributed by atoms with Crippen LogP contribution in [0.5, 0.6) is 11.6 Å². The van der Waals surface area contributed by atoms with E-state index in [1.165, 1.54) is 0 Å². The van der Waals surface area contributed by atoms with Gasteiger partial charge in [0.2, 0.25) is 5.88 Å². The lowest BCUT2D eigenvalue weighted by Gasteiger charge is -2.17. The van der Waals surface area contributed by atoms with Crippen LogP contribution in [-0.2, 0) is 12.5 Å². The average Bonchev–Trinajstić information content (AvgIpc) is 2.61. The summed E-state index contributed by atoms with van der Waals surface area (Å²) in [5.41, 5.74) is 5.58. The molecule has 0 saturated carbocycles. The number of nitrogen functional groups attached to an aromatic ring is 1. The van der Waals surface area contributed by atoms with Gasteiger partial charge in [-0.15, -0.1) is 0 Å². The van der Waals surface area contributed by atoms with Gasteiger partial charge in [0.15, 0.2) is 5.75 Å². The molecule has 0 aliphatic heterocycles. The quantitative estimate of drug-likeness (QED) is 0.876. The van der Waals surface area contributed by atoms with Gasteiger partial charge < -0.3 is 10.5 Å². The number of nitrogens with two attached hydrogens (primary N) is 1. The predicted molar refractivity (Wildman–Crippen MR) is 68.4 cm³/mol. The fourth-order valence-electron chi connectivity index (χ4n) is 1.40. The highest BCUT2D eigenvalue weighted by Gasteiger charge is 2.19. The highest BCUT2D eigenvalue weighted by molar-refractivity contribution is 5.35. The summed E-state index contributed by atoms with van der Waals surface area (Å²) in [7, 11) is 1.82. The molecule has 0 saturated heterocycles. The number of ether oxygens (including phenoxy) is 1. The third-order valence-corrected chi connectivity index (χ3v) is 2.30. The van der Waals surface area contributed by atoms with Crippen LogP contribution in [0.25, 0.3) is 0 Å². The minimum absolute atomic E-state index is 0.178. The summed E-state index contributed by atoms with van der Waals surface area (Å²) < 4.78 is 7.26. The van der Waals surface area contributed by atoms with Crippen molar-refractivity contribution in [3.8, 4) is 11.6 Å². The van der Waals surface area contributed by atoms with Crippen LogP contribution in [0.15, 0.2) is 18.5 Å². The Bertz CT molecular complexity index is 556. The molecule has 0 radical (unpaired) electrons. The maximum absolute atomic E-state index is 5.76. The largest absolute Gasteiger partial charge is 0.436 e. The molecule has 6 nitrogen and oxygen atoms in total. The van der Waals surface area contributed by atoms with Crippen molar-refractivity contribution < 1.29 is 4.74 Å². The van der Waals surface area contributed by atoms with Gasteiger partial charge in [-0.2, -0.15) is 10.1 Å². The van der Waals surface area contributed by atoms with Gasteiger partial charge in [-0.3, -0.25) is 4.68 Å². The molecule has 0 unspecified atom stereocenters. The maximum atomic E-state index is 5.76. The molecule has 0 fully saturated rings. The van der Waals surface area contributed by atoms with Crippen molar-refractivity contribution in [2.24, 2.45) is 7.05 Å². The van der Waals surface area contributed by atoms with Crippen LogP contribution in [0.1, 0.15) is 26.6 Å². The molecule has 6 heteroatoms. The Morgan fingerprint density at radius 1 is 1.28 bits per heavy atom. The van der Waals surface area contributed by atoms with Crippen molar-refractivity contribution in [1.29, 1.82) is 0 Å². The number of aromatic nitrogens is 4. The Kier molecular flexibility index (Phi) is 2.94. The van der Waals surface area contributed by atoms with E-state index in [4.69, 9.17) is 10.5 Å². The van der Waals surface area contributed by atoms with Crippen molar-refractivity contribution in [3.05, 3.63) is 24.3 Å². The lowest BCUT2D eigenvalue weighted by molar-refractivity contribution is 0.446. The Labute approximate surface area is 106 Å². The molecular formula is C12H17N5O. The topological polar surface area (TPSA) is 78.9 Å². The third-order valence-electron chi connectivity index (χ3n) is 2.30. The Balaban J connectivity index is 2.31. The summed E-state index contributed by atoms with van der Waals surface area (Å²) in [6.45, 7) is 6.07. The van der Waals surface area contributed by atoms with Crippen LogP contribution >= 0.6 is 0 Å². The average molecular weight is 247 g/mol. The number of hydrogen-bond donors (Lipinski definition) is 1. The molecule has 0 bridgehead atoms. The highest BCUT2D eigenvalue weighted by atomic mass is 16.5. The van der Waals surface area contributed by atoms with E-state index in [0.717, 1.165) is 0 Å². The number of rotatable bonds is 2. The molecule has 0 aliphatic rings. The van der Waals surface area contributed by atoms with E-state index in [0.29, 0.717) is 23.3 Å². The van der Waals surface area contributed by atoms with Gasteiger partial charge in [0.25, 0.3) is 0 Å². The smallest absolute Gasteiger partial charge is 0.224 e. The maximum Gasteiger partial charge on any atom is 0.224 e. The molecule has 0 spiro atoms. The molecule has 2 aromatic heterocycles. The second-order valence-electron chi connectivity index (χ2n) is 5.16. The van der Waals surface area contributed by atoms with E-state index >= 15 is 0 Å². The molecule has 2 aromatic rings. The third kappa shape index (κ3) is 2.77. The first kappa shape index (κ1) is 12.3. The minimum atomic E-state index is -0.178. The molecule has 18 heavy (non-hydrogen) atoms. The predicted octanol–water partition coefficient (Wildman–Crippen LogP) is 1.88. The van der Waals surface area contributed by atoms with E-state index < -0.39 is 0 Å². The summed E-state index contributed by atoms with van der Waals surface area (Å²) in [5, 5.41) is 4.02. The molecule has 0 aromatic carbocycles. The van der Waals surface area contributed by atoms with Crippen LogP contribution in [0, 0.1) is 0 Å². The molecule has 2 heterocycles. The normalized spacial score (nSPS) is 11.6. The van der Waals surface area contributed by atoms with Gasteiger partial charge in [0.1, 0.15) is 11.6 Å². The van der Waals surface area contributed by atoms with E-state index in [1.807, 2.05) is 27.8 Å². The van der Waals surface area contributed by atoms with Crippen molar-refractivity contribution in [2.45, 2.75) is 26.2 Å². The molecule has 2 N–H and O–H groups in total. The van der Waals surface area contributed by atoms with Gasteiger partial charge in [-0.05, 0) is 0 Å². The monoisotopic (exact) mass is 247 g/mol. The second kappa shape index (κ2) is 4.29. The molecule has 2 rings (SSSR count). The van der Waals surface area contributed by atoms with Gasteiger partial charge in [-0.1, -0.05) is 20.8 Å². The van der Waals surface area contributed by atoms with Crippen LogP contribution in [0.2, 0.25) is 0 Å². The molecule has 96 valence electrons. The van der Waals surface area contributed by atoms with Crippen LogP contribution in [-0.4, -0.2) is 19.7 Å². The minimum Gasteiger partial charge on any atom is -0.436 e. The van der Waals surface area contributed by atoms with E-state index in [2.05, 4.69) is 15.1 Å². The van der Waals surface area contributed by atoms with Gasteiger partial charge in [0, 0.05) is 18.5 Å². The van der Waals surface area contributed by atoms with Crippen molar-refractivity contribution in [2.75, 3.05) is 5.73 Å². The first-order valence-electron chi connectivity index (χ1n) is 5.66. The fourth-order valence-corrected chi connectivity index (χ4v) is 1.40. The van der Waals surface area contributed by atoms with E-state index in [-0.39, 0.29) is 5.41 Å². The molecule has 0 aliphatic carbocycles. The molecule has 0 amide bonds. The summed E-state index contributed by atoms with van der Waals surface area (Å²) in [6.07, 6.45) is 3.38. The van der Waals surface area contributed by atoms with Crippen molar-refractivity contribution >= 4 is 5.82 Å². The molecule has 0 atom stereocenters. The van der Waals surface area contributed by atoms with Crippen molar-refractivity contribution in [3.63, 3.8) is 0 Å². The summed E-state index contributed by atoms with van der Waals surface area (Å²) in [4.78, 5) is 8.58. The zero-order valence-electron chi connectivity index (χ0n) is 11.0. The SMILES string of the molecule is Cn1cc(Oc2cc(N)nc(C(C)(C)C)n2)cn1. The first-order chi connectivity index (χ1) is 8.34. The van der Waals surface area contributed by atoms with E-state index in [9.17, 15) is 0 Å². The Morgan fingerprint density at radius 3 is 2.56 bits per heavy atom. The van der Waals surface area contributed by atoms with Crippen molar-refractivity contribution in [1.82, 2.24) is 19.7 Å². The second-order valence-corrected chi connectivity index (χ2v) is 5.16. The van der Waals surface area contributed by atoms with Crippen LogP contribution in [0.4, 0.5) is 5.82 Å². The number of hydrogen-bond acceptors (Lipinski definition) is 5. The number of nitrogens with zero attached hydrogens (tertiary/aromatic N) is 4. The standard InChI is InChI=1S/C12H17N5O/c1-12(2,3)11-15-9(13)5-10(16-11)18-8-6-14-17(4)7-8/h5-7H,1-4H3,(H2,13,15,16). The highest BCUT2D eigenvalue weighted by Crippen LogP contribution is 2.25. The molecular weight excluding hydrogens is 230 g/mol. The number of anilines is 1. The van der Waals surface area contributed by atoms with Gasteiger partial charge in [0.05, 0.1) is 12.4 Å². The Morgan fingerprint density at radius 2 is 2.00 bits per heavy atom. The zero-order chi connectivity index (χ0) is 13.3. The van der Waals surface area contributed by atoms with Gasteiger partial charge >= 0.3 is 0 Å². The van der Waals surface area contributed by atoms with Crippen LogP contribution < -0.4 is 10.5 Å².